The third-order valence-corrected chi connectivity index (χ3v) is 2.81. The molecule has 0 atom stereocenters. The highest BCUT2D eigenvalue weighted by molar-refractivity contribution is 5.34. The predicted molar refractivity (Wildman–Crippen MR) is 65.3 cm³/mol. The van der Waals surface area contributed by atoms with Crippen LogP contribution in [0.5, 0.6) is 0 Å². The minimum Gasteiger partial charge on any atom is -0.396 e. The Bertz CT molecular complexity index is 321. The first-order valence-electron chi connectivity index (χ1n) is 5.66. The van der Waals surface area contributed by atoms with Crippen molar-refractivity contribution in [3.05, 3.63) is 34.9 Å². The minimum absolute atomic E-state index is 0.222. The number of aliphatic hydroxyl groups is 1. The number of aryl methyl sites for hydroxylation is 2. The van der Waals surface area contributed by atoms with Gasteiger partial charge in [0, 0.05) is 6.61 Å². The Morgan fingerprint density at radius 2 is 1.87 bits per heavy atom. The van der Waals surface area contributed by atoms with Crippen molar-refractivity contribution in [1.82, 2.24) is 0 Å². The smallest absolute Gasteiger partial charge is 0.0434 e. The highest BCUT2D eigenvalue weighted by Gasteiger charge is 2.13. The van der Waals surface area contributed by atoms with E-state index >= 15 is 0 Å². The molecule has 0 fully saturated rings. The maximum atomic E-state index is 8.80. The SMILES string of the molecule is Cc1cc(C(C)(C)C)ccc1CCCO. The van der Waals surface area contributed by atoms with E-state index < -0.39 is 0 Å². The Hall–Kier alpha value is -0.820. The lowest BCUT2D eigenvalue weighted by Gasteiger charge is -2.20. The molecule has 0 aliphatic heterocycles. The molecule has 0 unspecified atom stereocenters. The molecule has 1 rings (SSSR count). The fraction of sp³-hybridized carbons (Fsp3) is 0.571. The molecule has 0 radical (unpaired) electrons. The Morgan fingerprint density at radius 1 is 1.20 bits per heavy atom. The summed E-state index contributed by atoms with van der Waals surface area (Å²) in [6.07, 6.45) is 1.84. The number of aliphatic hydroxyl groups excluding tert-OH is 1. The highest BCUT2D eigenvalue weighted by Crippen LogP contribution is 2.24. The molecule has 0 aliphatic rings. The van der Waals surface area contributed by atoms with Gasteiger partial charge in [-0.25, -0.2) is 0 Å². The zero-order valence-corrected chi connectivity index (χ0v) is 10.3. The summed E-state index contributed by atoms with van der Waals surface area (Å²) >= 11 is 0. The maximum absolute atomic E-state index is 8.80. The van der Waals surface area contributed by atoms with Crippen molar-refractivity contribution in [2.24, 2.45) is 0 Å². The topological polar surface area (TPSA) is 20.2 Å². The molecule has 0 saturated heterocycles. The van der Waals surface area contributed by atoms with E-state index in [9.17, 15) is 0 Å². The van der Waals surface area contributed by atoms with Crippen LogP contribution in [0.4, 0.5) is 0 Å². The predicted octanol–water partition coefficient (Wildman–Crippen LogP) is 3.22. The van der Waals surface area contributed by atoms with Crippen LogP contribution < -0.4 is 0 Å². The van der Waals surface area contributed by atoms with Gasteiger partial charge in [0.05, 0.1) is 0 Å². The third-order valence-electron chi connectivity index (χ3n) is 2.81. The van der Waals surface area contributed by atoms with Gasteiger partial charge in [-0.15, -0.1) is 0 Å². The largest absolute Gasteiger partial charge is 0.396 e. The number of rotatable bonds is 3. The normalized spacial score (nSPS) is 11.8. The molecular formula is C14H22O. The monoisotopic (exact) mass is 206 g/mol. The lowest BCUT2D eigenvalue weighted by atomic mass is 9.85. The van der Waals surface area contributed by atoms with Crippen LogP contribution in [0.1, 0.15) is 43.9 Å². The quantitative estimate of drug-likeness (QED) is 0.805. The van der Waals surface area contributed by atoms with Gasteiger partial charge in [-0.1, -0.05) is 39.0 Å². The average Bonchev–Trinajstić information content (AvgIpc) is 2.14. The first-order chi connectivity index (χ1) is 6.95. The Balaban J connectivity index is 2.88. The van der Waals surface area contributed by atoms with Crippen molar-refractivity contribution in [2.75, 3.05) is 6.61 Å². The van der Waals surface area contributed by atoms with Crippen LogP contribution in [0, 0.1) is 6.92 Å². The molecule has 1 nitrogen and oxygen atoms in total. The summed E-state index contributed by atoms with van der Waals surface area (Å²) in [5.41, 5.74) is 4.31. The van der Waals surface area contributed by atoms with Crippen LogP contribution >= 0.6 is 0 Å². The van der Waals surface area contributed by atoms with Gasteiger partial charge in [-0.2, -0.15) is 0 Å². The Labute approximate surface area is 93.1 Å². The second-order valence-electron chi connectivity index (χ2n) is 5.22. The van der Waals surface area contributed by atoms with E-state index in [0.717, 1.165) is 12.8 Å². The average molecular weight is 206 g/mol. The van der Waals surface area contributed by atoms with Gasteiger partial charge in [0.15, 0.2) is 0 Å². The van der Waals surface area contributed by atoms with Crippen molar-refractivity contribution >= 4 is 0 Å². The molecule has 0 spiro atoms. The summed E-state index contributed by atoms with van der Waals surface area (Å²) in [5.74, 6) is 0. The second-order valence-corrected chi connectivity index (χ2v) is 5.22. The molecule has 0 saturated carbocycles. The summed E-state index contributed by atoms with van der Waals surface area (Å²) in [6, 6.07) is 6.68. The van der Waals surface area contributed by atoms with Crippen LogP contribution in [-0.2, 0) is 11.8 Å². The molecule has 0 amide bonds. The van der Waals surface area contributed by atoms with Gasteiger partial charge >= 0.3 is 0 Å². The third kappa shape index (κ3) is 3.35. The van der Waals surface area contributed by atoms with Crippen LogP contribution in [0.25, 0.3) is 0 Å². The minimum atomic E-state index is 0.222. The van der Waals surface area contributed by atoms with Gasteiger partial charge in [-0.3, -0.25) is 0 Å². The van der Waals surface area contributed by atoms with E-state index in [1.807, 2.05) is 0 Å². The van der Waals surface area contributed by atoms with E-state index in [-0.39, 0.29) is 12.0 Å². The number of hydrogen-bond donors (Lipinski definition) is 1. The molecular weight excluding hydrogens is 184 g/mol. The van der Waals surface area contributed by atoms with Crippen molar-refractivity contribution in [3.63, 3.8) is 0 Å². The fourth-order valence-corrected chi connectivity index (χ4v) is 1.71. The van der Waals surface area contributed by atoms with Crippen LogP contribution in [0.15, 0.2) is 18.2 Å². The molecule has 0 heterocycles. The highest BCUT2D eigenvalue weighted by atomic mass is 16.2. The van der Waals surface area contributed by atoms with E-state index in [2.05, 4.69) is 45.9 Å². The summed E-state index contributed by atoms with van der Waals surface area (Å²) in [4.78, 5) is 0. The lowest BCUT2D eigenvalue weighted by molar-refractivity contribution is 0.288. The van der Waals surface area contributed by atoms with Crippen LogP contribution in [0.3, 0.4) is 0 Å². The summed E-state index contributed by atoms with van der Waals surface area (Å²) < 4.78 is 0. The first kappa shape index (κ1) is 12.3. The van der Waals surface area contributed by atoms with Crippen molar-refractivity contribution in [1.29, 1.82) is 0 Å². The maximum Gasteiger partial charge on any atom is 0.0434 e. The van der Waals surface area contributed by atoms with Crippen molar-refractivity contribution < 1.29 is 5.11 Å². The zero-order chi connectivity index (χ0) is 11.5. The van der Waals surface area contributed by atoms with Gasteiger partial charge in [0.1, 0.15) is 0 Å². The van der Waals surface area contributed by atoms with E-state index in [1.165, 1.54) is 16.7 Å². The van der Waals surface area contributed by atoms with Crippen molar-refractivity contribution in [3.8, 4) is 0 Å². The summed E-state index contributed by atoms with van der Waals surface area (Å²) in [6.45, 7) is 9.13. The summed E-state index contributed by atoms with van der Waals surface area (Å²) in [7, 11) is 0. The molecule has 15 heavy (non-hydrogen) atoms. The zero-order valence-electron chi connectivity index (χ0n) is 10.3. The molecule has 1 aromatic carbocycles. The molecule has 0 aromatic heterocycles. The van der Waals surface area contributed by atoms with Crippen LogP contribution in [0.2, 0.25) is 0 Å². The second kappa shape index (κ2) is 4.80. The van der Waals surface area contributed by atoms with Gasteiger partial charge in [-0.05, 0) is 41.9 Å². The molecule has 1 N–H and O–H groups in total. The molecule has 84 valence electrons. The van der Waals surface area contributed by atoms with Gasteiger partial charge in [0.25, 0.3) is 0 Å². The number of benzene rings is 1. The van der Waals surface area contributed by atoms with Gasteiger partial charge < -0.3 is 5.11 Å². The lowest BCUT2D eigenvalue weighted by Crippen LogP contribution is -2.11. The van der Waals surface area contributed by atoms with E-state index in [4.69, 9.17) is 5.11 Å². The van der Waals surface area contributed by atoms with Crippen molar-refractivity contribution in [2.45, 2.75) is 46.0 Å². The fourth-order valence-electron chi connectivity index (χ4n) is 1.71. The molecule has 0 aliphatic carbocycles. The first-order valence-corrected chi connectivity index (χ1v) is 5.66. The standard InChI is InChI=1S/C14H22O/c1-11-10-13(14(2,3)4)8-7-12(11)6-5-9-15/h7-8,10,15H,5-6,9H2,1-4H3. The Morgan fingerprint density at radius 3 is 2.33 bits per heavy atom. The molecule has 1 aromatic rings. The van der Waals surface area contributed by atoms with E-state index in [1.54, 1.807) is 0 Å². The summed E-state index contributed by atoms with van der Waals surface area (Å²) in [5, 5.41) is 8.80. The van der Waals surface area contributed by atoms with Crippen LogP contribution in [-0.4, -0.2) is 11.7 Å². The van der Waals surface area contributed by atoms with Gasteiger partial charge in [0.2, 0.25) is 0 Å². The Kier molecular flexibility index (Phi) is 3.92. The number of hydrogen-bond acceptors (Lipinski definition) is 1. The van der Waals surface area contributed by atoms with E-state index in [0.29, 0.717) is 0 Å². The molecule has 1 heteroatoms. The molecule has 0 bridgehead atoms.